The fourth-order valence-corrected chi connectivity index (χ4v) is 5.42. The molecule has 0 spiro atoms. The molecule has 2 amide bonds. The lowest BCUT2D eigenvalue weighted by atomic mass is 9.90. The van der Waals surface area contributed by atoms with E-state index in [4.69, 9.17) is 19.0 Å². The molecule has 0 bridgehead atoms. The molecule has 3 unspecified atom stereocenters. The second kappa shape index (κ2) is 12.2. The van der Waals surface area contributed by atoms with Gasteiger partial charge in [0.2, 0.25) is 5.91 Å². The van der Waals surface area contributed by atoms with E-state index in [9.17, 15) is 18.8 Å². The molecule has 0 saturated carbocycles. The van der Waals surface area contributed by atoms with Crippen LogP contribution in [0.2, 0.25) is 0 Å². The number of ether oxygens (including phenoxy) is 3. The summed E-state index contributed by atoms with van der Waals surface area (Å²) in [7, 11) is 1.43. The van der Waals surface area contributed by atoms with Gasteiger partial charge in [0.15, 0.2) is 17.6 Å². The molecule has 2 aliphatic rings. The normalized spacial score (nSPS) is 19.2. The number of fused-ring (bicyclic) bond motifs is 1. The van der Waals surface area contributed by atoms with Crippen molar-refractivity contribution in [3.8, 4) is 17.2 Å². The summed E-state index contributed by atoms with van der Waals surface area (Å²) in [6.45, 7) is 2.57. The quantitative estimate of drug-likeness (QED) is 0.134. The van der Waals surface area contributed by atoms with Crippen molar-refractivity contribution in [3.63, 3.8) is 0 Å². The third-order valence-electron chi connectivity index (χ3n) is 7.51. The van der Waals surface area contributed by atoms with E-state index < -0.39 is 41.7 Å². The van der Waals surface area contributed by atoms with E-state index in [0.717, 1.165) is 11.3 Å². The number of halogens is 1. The van der Waals surface area contributed by atoms with Gasteiger partial charge in [0.1, 0.15) is 17.5 Å². The fourth-order valence-electron chi connectivity index (χ4n) is 5.42. The van der Waals surface area contributed by atoms with Gasteiger partial charge in [-0.25, -0.2) is 19.1 Å². The monoisotopic (exact) mass is 596 g/mol. The highest BCUT2D eigenvalue weighted by atomic mass is 19.1. The SMILES string of the molecule is CCCOc1ccc(N2C(=O)C3ON(c4ccccc4)C(c4ccc(OC(=O)c5ccc(F)cc5)c(OC)c4)C3C2=O)cc1. The summed E-state index contributed by atoms with van der Waals surface area (Å²) in [5.74, 6) is -1.91. The molecule has 9 nitrogen and oxygen atoms in total. The van der Waals surface area contributed by atoms with Gasteiger partial charge >= 0.3 is 5.97 Å². The van der Waals surface area contributed by atoms with Gasteiger partial charge in [-0.05, 0) is 84.8 Å². The number of rotatable bonds is 9. The summed E-state index contributed by atoms with van der Waals surface area (Å²) in [5, 5.41) is 1.57. The molecule has 2 aliphatic heterocycles. The van der Waals surface area contributed by atoms with Crippen molar-refractivity contribution < 1.29 is 37.8 Å². The van der Waals surface area contributed by atoms with Crippen LogP contribution in [0, 0.1) is 11.7 Å². The molecular weight excluding hydrogens is 567 g/mol. The lowest BCUT2D eigenvalue weighted by molar-refractivity contribution is -0.126. The molecule has 0 aromatic heterocycles. The number of carbonyl (C=O) groups excluding carboxylic acids is 3. The van der Waals surface area contributed by atoms with Gasteiger partial charge < -0.3 is 14.2 Å². The number of hydroxylamine groups is 1. The summed E-state index contributed by atoms with van der Waals surface area (Å²) in [4.78, 5) is 47.8. The Hall–Kier alpha value is -5.22. The number of amides is 2. The highest BCUT2D eigenvalue weighted by Gasteiger charge is 2.60. The Morgan fingerprint density at radius 1 is 0.864 bits per heavy atom. The molecular formula is C34H29FN2O7. The Labute approximate surface area is 253 Å². The van der Waals surface area contributed by atoms with Crippen LogP contribution in [0.5, 0.6) is 17.2 Å². The van der Waals surface area contributed by atoms with Crippen LogP contribution >= 0.6 is 0 Å². The van der Waals surface area contributed by atoms with Crippen LogP contribution in [-0.4, -0.2) is 37.6 Å². The Morgan fingerprint density at radius 3 is 2.27 bits per heavy atom. The number of nitrogens with zero attached hydrogens (tertiary/aromatic N) is 2. The van der Waals surface area contributed by atoms with Crippen LogP contribution in [0.4, 0.5) is 15.8 Å². The van der Waals surface area contributed by atoms with Crippen LogP contribution in [-0.2, 0) is 14.4 Å². The molecule has 44 heavy (non-hydrogen) atoms. The molecule has 0 N–H and O–H groups in total. The summed E-state index contributed by atoms with van der Waals surface area (Å²) in [5.41, 5.74) is 1.85. The van der Waals surface area contributed by atoms with Gasteiger partial charge in [-0.2, -0.15) is 0 Å². The molecule has 4 aromatic rings. The largest absolute Gasteiger partial charge is 0.494 e. The zero-order valence-electron chi connectivity index (χ0n) is 24.0. The number of methoxy groups -OCH3 is 1. The van der Waals surface area contributed by atoms with Gasteiger partial charge in [0.05, 0.1) is 36.7 Å². The smallest absolute Gasteiger partial charge is 0.343 e. The molecule has 0 radical (unpaired) electrons. The van der Waals surface area contributed by atoms with Gasteiger partial charge in [-0.1, -0.05) is 31.2 Å². The average Bonchev–Trinajstić information content (AvgIpc) is 3.56. The first-order valence-electron chi connectivity index (χ1n) is 14.2. The molecule has 2 fully saturated rings. The maximum Gasteiger partial charge on any atom is 0.343 e. The Morgan fingerprint density at radius 2 is 1.59 bits per heavy atom. The predicted molar refractivity (Wildman–Crippen MR) is 159 cm³/mol. The van der Waals surface area contributed by atoms with Crippen molar-refractivity contribution in [2.24, 2.45) is 5.92 Å². The van der Waals surface area contributed by atoms with Gasteiger partial charge in [-0.3, -0.25) is 14.4 Å². The Bertz CT molecular complexity index is 1680. The lowest BCUT2D eigenvalue weighted by Gasteiger charge is -2.29. The molecule has 4 aromatic carbocycles. The highest BCUT2D eigenvalue weighted by Crippen LogP contribution is 2.48. The second-order valence-electron chi connectivity index (χ2n) is 10.3. The van der Waals surface area contributed by atoms with Crippen molar-refractivity contribution in [3.05, 3.63) is 114 Å². The first-order chi connectivity index (χ1) is 21.4. The standard InChI is InChI=1S/C34H29FN2O7/c1-3-19-42-26-16-14-24(15-17-26)36-32(38)29-30(37(44-31(29)33(36)39)25-7-5-4-6-8-25)22-11-18-27(28(20-22)41-2)43-34(40)21-9-12-23(35)13-10-21/h4-18,20,29-31H,3,19H2,1-2H3. The van der Waals surface area contributed by atoms with E-state index in [0.29, 0.717) is 29.3 Å². The van der Waals surface area contributed by atoms with Gasteiger partial charge in [-0.15, -0.1) is 0 Å². The van der Waals surface area contributed by atoms with Crippen LogP contribution in [0.25, 0.3) is 0 Å². The van der Waals surface area contributed by atoms with Crippen molar-refractivity contribution in [2.45, 2.75) is 25.5 Å². The summed E-state index contributed by atoms with van der Waals surface area (Å²) >= 11 is 0. The lowest BCUT2D eigenvalue weighted by Crippen LogP contribution is -2.37. The van der Waals surface area contributed by atoms with Crippen molar-refractivity contribution in [1.29, 1.82) is 0 Å². The van der Waals surface area contributed by atoms with E-state index in [1.165, 1.54) is 31.4 Å². The van der Waals surface area contributed by atoms with Crippen molar-refractivity contribution in [1.82, 2.24) is 0 Å². The minimum Gasteiger partial charge on any atom is -0.494 e. The summed E-state index contributed by atoms with van der Waals surface area (Å²) < 4.78 is 30.1. The van der Waals surface area contributed by atoms with Crippen LogP contribution in [0.1, 0.15) is 35.3 Å². The van der Waals surface area contributed by atoms with Crippen molar-refractivity contribution >= 4 is 29.2 Å². The molecule has 3 atom stereocenters. The van der Waals surface area contributed by atoms with Crippen LogP contribution in [0.15, 0.2) is 97.1 Å². The van der Waals surface area contributed by atoms with Crippen LogP contribution < -0.4 is 24.2 Å². The molecule has 2 saturated heterocycles. The fraction of sp³-hybridized carbons (Fsp3) is 0.206. The topological polar surface area (TPSA) is 94.6 Å². The average molecular weight is 597 g/mol. The molecule has 2 heterocycles. The van der Waals surface area contributed by atoms with E-state index in [1.807, 2.05) is 37.3 Å². The zero-order valence-corrected chi connectivity index (χ0v) is 24.0. The van der Waals surface area contributed by atoms with E-state index in [1.54, 1.807) is 47.5 Å². The number of hydrogen-bond donors (Lipinski definition) is 0. The number of para-hydroxylation sites is 1. The number of imide groups is 1. The summed E-state index contributed by atoms with van der Waals surface area (Å²) in [6.07, 6.45) is -0.210. The first kappa shape index (κ1) is 28.9. The van der Waals surface area contributed by atoms with Crippen LogP contribution in [0.3, 0.4) is 0 Å². The maximum atomic E-state index is 14.0. The van der Waals surface area contributed by atoms with Gasteiger partial charge in [0, 0.05) is 0 Å². The second-order valence-corrected chi connectivity index (χ2v) is 10.3. The molecule has 10 heteroatoms. The number of anilines is 2. The molecule has 6 rings (SSSR count). The van der Waals surface area contributed by atoms with E-state index in [-0.39, 0.29) is 17.1 Å². The van der Waals surface area contributed by atoms with E-state index in [2.05, 4.69) is 0 Å². The number of carbonyl (C=O) groups is 3. The van der Waals surface area contributed by atoms with Crippen molar-refractivity contribution in [2.75, 3.05) is 23.7 Å². The third-order valence-corrected chi connectivity index (χ3v) is 7.51. The van der Waals surface area contributed by atoms with E-state index >= 15 is 0 Å². The Kier molecular flexibility index (Phi) is 7.99. The number of benzene rings is 4. The molecule has 0 aliphatic carbocycles. The minimum atomic E-state index is -1.06. The summed E-state index contributed by atoms with van der Waals surface area (Å²) in [6, 6.07) is 25.2. The Balaban J connectivity index is 1.33. The maximum absolute atomic E-state index is 14.0. The predicted octanol–water partition coefficient (Wildman–Crippen LogP) is 5.89. The zero-order chi connectivity index (χ0) is 30.8. The first-order valence-corrected chi connectivity index (χ1v) is 14.2. The number of esters is 1. The minimum absolute atomic E-state index is 0.133. The number of hydrogen-bond acceptors (Lipinski definition) is 8. The molecule has 224 valence electrons. The van der Waals surface area contributed by atoms with Gasteiger partial charge in [0.25, 0.3) is 5.91 Å². The third kappa shape index (κ3) is 5.35. The highest BCUT2D eigenvalue weighted by molar-refractivity contribution is 6.24.